The highest BCUT2D eigenvalue weighted by Gasteiger charge is 2.16. The molecule has 0 amide bonds. The molecule has 3 aromatic rings. The molecule has 0 fully saturated rings. The minimum absolute atomic E-state index is 0.408. The molecule has 2 atom stereocenters. The number of hydrogen-bond acceptors (Lipinski definition) is 2. The molecule has 2 unspecified atom stereocenters. The van der Waals surface area contributed by atoms with Crippen LogP contribution in [0.2, 0.25) is 0 Å². The van der Waals surface area contributed by atoms with E-state index in [0.717, 1.165) is 35.1 Å². The van der Waals surface area contributed by atoms with Crippen molar-refractivity contribution in [3.8, 4) is 11.5 Å². The molecular weight excluding hydrogens is 392 g/mol. The topological polar surface area (TPSA) is 40.5 Å². The van der Waals surface area contributed by atoms with Crippen LogP contribution in [0.1, 0.15) is 81.3 Å². The van der Waals surface area contributed by atoms with Crippen LogP contribution in [-0.2, 0) is 12.8 Å². The first kappa shape index (κ1) is 23.9. The summed E-state index contributed by atoms with van der Waals surface area (Å²) in [6, 6.07) is 13.3. The number of hydrogen-bond donors (Lipinski definition) is 2. The molecule has 0 aliphatic heterocycles. The van der Waals surface area contributed by atoms with E-state index in [1.165, 1.54) is 33.4 Å². The van der Waals surface area contributed by atoms with Gasteiger partial charge in [0.2, 0.25) is 0 Å². The molecule has 0 aromatic heterocycles. The lowest BCUT2D eigenvalue weighted by atomic mass is 9.86. The molecule has 2 heteroatoms. The van der Waals surface area contributed by atoms with Gasteiger partial charge in [0, 0.05) is 0 Å². The molecule has 0 saturated carbocycles. The first-order valence-electron chi connectivity index (χ1n) is 11.7. The van der Waals surface area contributed by atoms with Crippen molar-refractivity contribution in [2.24, 2.45) is 0 Å². The first-order valence-corrected chi connectivity index (χ1v) is 11.7. The Kier molecular flexibility index (Phi) is 7.03. The van der Waals surface area contributed by atoms with Gasteiger partial charge in [-0.05, 0) is 122 Å². The maximum Gasteiger partial charge on any atom is 0.121 e. The van der Waals surface area contributed by atoms with E-state index < -0.39 is 0 Å². The van der Waals surface area contributed by atoms with Gasteiger partial charge in [0.15, 0.2) is 0 Å². The molecule has 0 aliphatic carbocycles. The third-order valence-electron chi connectivity index (χ3n) is 7.45. The van der Waals surface area contributed by atoms with E-state index in [9.17, 15) is 10.2 Å². The van der Waals surface area contributed by atoms with E-state index in [2.05, 4.69) is 64.1 Å². The predicted octanol–water partition coefficient (Wildman–Crippen LogP) is 7.64. The summed E-state index contributed by atoms with van der Waals surface area (Å²) in [6.07, 6.45) is 1.93. The second kappa shape index (κ2) is 9.40. The van der Waals surface area contributed by atoms with Crippen LogP contribution in [-0.4, -0.2) is 10.2 Å². The molecule has 3 aromatic carbocycles. The molecule has 170 valence electrons. The van der Waals surface area contributed by atoms with Gasteiger partial charge in [-0.1, -0.05) is 50.2 Å². The van der Waals surface area contributed by atoms with Gasteiger partial charge >= 0.3 is 0 Å². The Morgan fingerprint density at radius 1 is 0.562 bits per heavy atom. The van der Waals surface area contributed by atoms with Crippen LogP contribution in [0.4, 0.5) is 0 Å². The number of aryl methyl sites for hydroxylation is 2. The average molecular weight is 431 g/mol. The Hall–Kier alpha value is -2.74. The number of phenolic OH excluding ortho intramolecular Hbond substituents is 2. The summed E-state index contributed by atoms with van der Waals surface area (Å²) in [4.78, 5) is 0. The SMILES string of the molecule is Cc1cc(CC(C)c2ccc(C(C)Cc3cc(C)c(O)c(C)c3C)cc2)c(C)c(C)c1O. The van der Waals surface area contributed by atoms with E-state index in [4.69, 9.17) is 0 Å². The van der Waals surface area contributed by atoms with Gasteiger partial charge in [0.05, 0.1) is 0 Å². The van der Waals surface area contributed by atoms with Crippen molar-refractivity contribution in [1.82, 2.24) is 0 Å². The Labute approximate surface area is 194 Å². The zero-order valence-electron chi connectivity index (χ0n) is 20.9. The van der Waals surface area contributed by atoms with Crippen molar-refractivity contribution in [3.05, 3.63) is 92.0 Å². The van der Waals surface area contributed by atoms with Crippen molar-refractivity contribution >= 4 is 0 Å². The van der Waals surface area contributed by atoms with Gasteiger partial charge in [-0.25, -0.2) is 0 Å². The van der Waals surface area contributed by atoms with Crippen molar-refractivity contribution in [3.63, 3.8) is 0 Å². The molecule has 0 radical (unpaired) electrons. The second-order valence-corrected chi connectivity index (χ2v) is 9.78. The fourth-order valence-corrected chi connectivity index (χ4v) is 4.78. The Bertz CT molecular complexity index is 1030. The summed E-state index contributed by atoms with van der Waals surface area (Å²) in [5, 5.41) is 20.4. The minimum Gasteiger partial charge on any atom is -0.507 e. The van der Waals surface area contributed by atoms with Crippen molar-refractivity contribution in [2.45, 2.75) is 80.1 Å². The quantitative estimate of drug-likeness (QED) is 0.422. The Morgan fingerprint density at radius 2 is 0.875 bits per heavy atom. The van der Waals surface area contributed by atoms with Crippen LogP contribution in [0, 0.1) is 41.5 Å². The summed E-state index contributed by atoms with van der Waals surface area (Å²) < 4.78 is 0. The van der Waals surface area contributed by atoms with E-state index in [-0.39, 0.29) is 0 Å². The van der Waals surface area contributed by atoms with Crippen LogP contribution < -0.4 is 0 Å². The summed E-state index contributed by atoms with van der Waals surface area (Å²) in [5.41, 5.74) is 11.6. The van der Waals surface area contributed by atoms with Crippen LogP contribution in [0.25, 0.3) is 0 Å². The standard InChI is InChI=1S/C30H38O2/c1-17(13-27-15-19(3)29(31)23(7)21(27)5)25-9-11-26(12-10-25)18(2)14-28-16-20(4)30(32)24(8)22(28)6/h9-12,15-18,31-32H,13-14H2,1-8H3. The van der Waals surface area contributed by atoms with Gasteiger partial charge in [-0.3, -0.25) is 0 Å². The highest BCUT2D eigenvalue weighted by atomic mass is 16.3. The number of phenols is 2. The van der Waals surface area contributed by atoms with Crippen molar-refractivity contribution in [2.75, 3.05) is 0 Å². The third-order valence-corrected chi connectivity index (χ3v) is 7.45. The zero-order valence-corrected chi connectivity index (χ0v) is 20.9. The summed E-state index contributed by atoms with van der Waals surface area (Å²) in [7, 11) is 0. The number of rotatable bonds is 6. The Morgan fingerprint density at radius 3 is 1.19 bits per heavy atom. The Balaban J connectivity index is 1.75. The lowest BCUT2D eigenvalue weighted by Crippen LogP contribution is -2.05. The lowest BCUT2D eigenvalue weighted by molar-refractivity contribution is 0.465. The van der Waals surface area contributed by atoms with Gasteiger partial charge in [-0.2, -0.15) is 0 Å². The number of benzene rings is 3. The fourth-order valence-electron chi connectivity index (χ4n) is 4.78. The molecule has 2 nitrogen and oxygen atoms in total. The molecule has 0 spiro atoms. The van der Waals surface area contributed by atoms with E-state index in [0.29, 0.717) is 23.3 Å². The van der Waals surface area contributed by atoms with Crippen molar-refractivity contribution < 1.29 is 10.2 Å². The zero-order chi connectivity index (χ0) is 23.7. The maximum atomic E-state index is 10.2. The van der Waals surface area contributed by atoms with Gasteiger partial charge in [-0.15, -0.1) is 0 Å². The molecule has 0 aliphatic rings. The van der Waals surface area contributed by atoms with Gasteiger partial charge in [0.25, 0.3) is 0 Å². The monoisotopic (exact) mass is 430 g/mol. The summed E-state index contributed by atoms with van der Waals surface area (Å²) in [6.45, 7) is 16.7. The summed E-state index contributed by atoms with van der Waals surface area (Å²) in [5.74, 6) is 1.66. The molecule has 0 heterocycles. The number of aromatic hydroxyl groups is 2. The van der Waals surface area contributed by atoms with Crippen LogP contribution in [0.5, 0.6) is 11.5 Å². The fraction of sp³-hybridized carbons (Fsp3) is 0.400. The minimum atomic E-state index is 0.408. The van der Waals surface area contributed by atoms with Crippen molar-refractivity contribution in [1.29, 1.82) is 0 Å². The molecule has 32 heavy (non-hydrogen) atoms. The van der Waals surface area contributed by atoms with Gasteiger partial charge in [0.1, 0.15) is 11.5 Å². The molecular formula is C30H38O2. The van der Waals surface area contributed by atoms with E-state index in [1.807, 2.05) is 27.7 Å². The highest BCUT2D eigenvalue weighted by molar-refractivity contribution is 5.49. The summed E-state index contributed by atoms with van der Waals surface area (Å²) >= 11 is 0. The first-order chi connectivity index (χ1) is 15.0. The lowest BCUT2D eigenvalue weighted by Gasteiger charge is -2.19. The highest BCUT2D eigenvalue weighted by Crippen LogP contribution is 2.33. The third kappa shape index (κ3) is 4.70. The average Bonchev–Trinajstić information content (AvgIpc) is 2.78. The van der Waals surface area contributed by atoms with E-state index >= 15 is 0 Å². The smallest absolute Gasteiger partial charge is 0.121 e. The predicted molar refractivity (Wildman–Crippen MR) is 135 cm³/mol. The molecule has 0 saturated heterocycles. The second-order valence-electron chi connectivity index (χ2n) is 9.78. The molecule has 0 bridgehead atoms. The normalized spacial score (nSPS) is 13.2. The van der Waals surface area contributed by atoms with Gasteiger partial charge < -0.3 is 10.2 Å². The van der Waals surface area contributed by atoms with Crippen LogP contribution >= 0.6 is 0 Å². The molecule has 2 N–H and O–H groups in total. The largest absolute Gasteiger partial charge is 0.507 e. The maximum absolute atomic E-state index is 10.2. The van der Waals surface area contributed by atoms with Crippen LogP contribution in [0.3, 0.4) is 0 Å². The van der Waals surface area contributed by atoms with E-state index in [1.54, 1.807) is 0 Å². The van der Waals surface area contributed by atoms with Crippen LogP contribution in [0.15, 0.2) is 36.4 Å². The molecule has 3 rings (SSSR count).